The van der Waals surface area contributed by atoms with E-state index in [9.17, 15) is 0 Å². The van der Waals surface area contributed by atoms with Crippen molar-refractivity contribution in [3.8, 4) is 5.75 Å². The number of aromatic nitrogens is 2. The predicted molar refractivity (Wildman–Crippen MR) is 74.6 cm³/mol. The maximum Gasteiger partial charge on any atom is 0.119 e. The van der Waals surface area contributed by atoms with E-state index >= 15 is 0 Å². The predicted octanol–water partition coefficient (Wildman–Crippen LogP) is 2.44. The molecule has 1 N–H and O–H groups in total. The van der Waals surface area contributed by atoms with E-state index in [0.29, 0.717) is 6.61 Å². The third-order valence-corrected chi connectivity index (χ3v) is 3.01. The highest BCUT2D eigenvalue weighted by molar-refractivity contribution is 9.10. The summed E-state index contributed by atoms with van der Waals surface area (Å²) in [7, 11) is 1.91. The second-order valence-electron chi connectivity index (χ2n) is 3.94. The van der Waals surface area contributed by atoms with Crippen LogP contribution in [0.15, 0.2) is 41.3 Å². The minimum absolute atomic E-state index is 0.636. The van der Waals surface area contributed by atoms with Crippen molar-refractivity contribution in [1.82, 2.24) is 14.9 Å². The molecular weight excluding hydrogens is 294 g/mol. The summed E-state index contributed by atoms with van der Waals surface area (Å²) in [5.74, 6) is 0.883. The van der Waals surface area contributed by atoms with Crippen LogP contribution in [0.1, 0.15) is 5.69 Å². The monoisotopic (exact) mass is 309 g/mol. The largest absolute Gasteiger partial charge is 0.492 e. The minimum Gasteiger partial charge on any atom is -0.492 e. The molecule has 0 bridgehead atoms. The lowest BCUT2D eigenvalue weighted by Gasteiger charge is -2.06. The maximum atomic E-state index is 5.65. The van der Waals surface area contributed by atoms with Gasteiger partial charge in [0.15, 0.2) is 0 Å². The highest BCUT2D eigenvalue weighted by atomic mass is 79.9. The molecule has 0 atom stereocenters. The first-order chi connectivity index (χ1) is 8.78. The molecule has 0 unspecified atom stereocenters. The first-order valence-electron chi connectivity index (χ1n) is 5.81. The molecule has 0 aliphatic heterocycles. The van der Waals surface area contributed by atoms with Crippen molar-refractivity contribution in [3.05, 3.63) is 47.0 Å². The summed E-state index contributed by atoms with van der Waals surface area (Å²) < 4.78 is 8.74. The van der Waals surface area contributed by atoms with Crippen LogP contribution in [0.5, 0.6) is 5.75 Å². The van der Waals surface area contributed by atoms with Gasteiger partial charge in [-0.1, -0.05) is 15.9 Å². The summed E-state index contributed by atoms with van der Waals surface area (Å²) in [5, 5.41) is 3.07. The van der Waals surface area contributed by atoms with Crippen LogP contribution in [0.3, 0.4) is 0 Å². The van der Waals surface area contributed by atoms with Crippen LogP contribution < -0.4 is 10.1 Å². The van der Waals surface area contributed by atoms with Crippen LogP contribution in [-0.4, -0.2) is 23.2 Å². The summed E-state index contributed by atoms with van der Waals surface area (Å²) in [5.41, 5.74) is 1.04. The molecule has 1 heterocycles. The van der Waals surface area contributed by atoms with Gasteiger partial charge < -0.3 is 14.6 Å². The molecule has 0 spiro atoms. The van der Waals surface area contributed by atoms with Gasteiger partial charge >= 0.3 is 0 Å². The van der Waals surface area contributed by atoms with Gasteiger partial charge in [0.1, 0.15) is 12.4 Å². The normalized spacial score (nSPS) is 10.6. The number of hydrogen-bond donors (Lipinski definition) is 1. The molecule has 2 rings (SSSR count). The Hall–Kier alpha value is -1.33. The van der Waals surface area contributed by atoms with Crippen LogP contribution >= 0.6 is 15.9 Å². The fourth-order valence-corrected chi connectivity index (χ4v) is 1.87. The lowest BCUT2D eigenvalue weighted by atomic mass is 10.3. The van der Waals surface area contributed by atoms with Crippen molar-refractivity contribution < 1.29 is 4.74 Å². The molecule has 1 aromatic carbocycles. The van der Waals surface area contributed by atoms with Gasteiger partial charge in [-0.3, -0.25) is 0 Å². The lowest BCUT2D eigenvalue weighted by Crippen LogP contribution is -2.07. The van der Waals surface area contributed by atoms with Crippen molar-refractivity contribution in [2.75, 3.05) is 13.7 Å². The van der Waals surface area contributed by atoms with Crippen molar-refractivity contribution in [3.63, 3.8) is 0 Å². The van der Waals surface area contributed by atoms with E-state index in [4.69, 9.17) is 4.74 Å². The standard InChI is InChI=1S/C13H16BrN3O/c1-15-8-12-9-17(10-16-12)6-7-18-13-4-2-11(14)3-5-13/h2-5,9-10,15H,6-8H2,1H3. The van der Waals surface area contributed by atoms with Crippen LogP contribution in [-0.2, 0) is 13.1 Å². The summed E-state index contributed by atoms with van der Waals surface area (Å²) in [6.07, 6.45) is 3.86. The Bertz CT molecular complexity index is 481. The van der Waals surface area contributed by atoms with Crippen molar-refractivity contribution >= 4 is 15.9 Å². The lowest BCUT2D eigenvalue weighted by molar-refractivity contribution is 0.298. The molecule has 0 saturated heterocycles. The van der Waals surface area contributed by atoms with Gasteiger partial charge in [-0.05, 0) is 31.3 Å². The molecule has 5 heteroatoms. The number of ether oxygens (including phenoxy) is 1. The smallest absolute Gasteiger partial charge is 0.119 e. The van der Waals surface area contributed by atoms with Crippen LogP contribution in [0.25, 0.3) is 0 Å². The summed E-state index contributed by atoms with van der Waals surface area (Å²) in [6.45, 7) is 2.23. The van der Waals surface area contributed by atoms with Crippen molar-refractivity contribution in [2.24, 2.45) is 0 Å². The molecule has 0 saturated carbocycles. The Morgan fingerprint density at radius 2 is 2.11 bits per heavy atom. The molecule has 4 nitrogen and oxygen atoms in total. The van der Waals surface area contributed by atoms with Gasteiger partial charge in [0.25, 0.3) is 0 Å². The van der Waals surface area contributed by atoms with Gasteiger partial charge in [-0.2, -0.15) is 0 Å². The third kappa shape index (κ3) is 3.85. The average Bonchev–Trinajstić information content (AvgIpc) is 2.80. The van der Waals surface area contributed by atoms with Crippen molar-refractivity contribution in [1.29, 1.82) is 0 Å². The van der Waals surface area contributed by atoms with Gasteiger partial charge in [-0.15, -0.1) is 0 Å². The van der Waals surface area contributed by atoms with E-state index in [-0.39, 0.29) is 0 Å². The molecule has 0 aliphatic carbocycles. The zero-order chi connectivity index (χ0) is 12.8. The average molecular weight is 310 g/mol. The maximum absolute atomic E-state index is 5.65. The number of imidazole rings is 1. The quantitative estimate of drug-likeness (QED) is 0.891. The van der Waals surface area contributed by atoms with Crippen molar-refractivity contribution in [2.45, 2.75) is 13.1 Å². The van der Waals surface area contributed by atoms with Gasteiger partial charge in [-0.25, -0.2) is 4.98 Å². The molecule has 96 valence electrons. The summed E-state index contributed by atoms with van der Waals surface area (Å²) >= 11 is 3.39. The fourth-order valence-electron chi connectivity index (χ4n) is 1.60. The molecule has 2 aromatic rings. The molecule has 0 radical (unpaired) electrons. The third-order valence-electron chi connectivity index (χ3n) is 2.48. The highest BCUT2D eigenvalue weighted by Crippen LogP contribution is 2.15. The Kier molecular flexibility index (Phi) is 4.78. The van der Waals surface area contributed by atoms with E-state index in [1.165, 1.54) is 0 Å². The van der Waals surface area contributed by atoms with E-state index in [2.05, 4.69) is 26.2 Å². The van der Waals surface area contributed by atoms with Crippen LogP contribution in [0.4, 0.5) is 0 Å². The van der Waals surface area contributed by atoms with Gasteiger partial charge in [0, 0.05) is 17.2 Å². The topological polar surface area (TPSA) is 39.1 Å². The molecule has 0 aliphatic rings. The number of hydrogen-bond acceptors (Lipinski definition) is 3. The van der Waals surface area contributed by atoms with E-state index in [0.717, 1.165) is 29.0 Å². The Balaban J connectivity index is 1.79. The Labute approximate surface area is 115 Å². The number of rotatable bonds is 6. The first kappa shape index (κ1) is 13.1. The van der Waals surface area contributed by atoms with Crippen LogP contribution in [0.2, 0.25) is 0 Å². The Morgan fingerprint density at radius 3 is 2.83 bits per heavy atom. The summed E-state index contributed by atoms with van der Waals surface area (Å²) in [4.78, 5) is 4.28. The Morgan fingerprint density at radius 1 is 1.33 bits per heavy atom. The van der Waals surface area contributed by atoms with Gasteiger partial charge in [0.2, 0.25) is 0 Å². The van der Waals surface area contributed by atoms with E-state index < -0.39 is 0 Å². The molecular formula is C13H16BrN3O. The second kappa shape index (κ2) is 6.56. The fraction of sp³-hybridized carbons (Fsp3) is 0.308. The van der Waals surface area contributed by atoms with Crippen LogP contribution in [0, 0.1) is 0 Å². The molecule has 0 fully saturated rings. The molecule has 0 amide bonds. The zero-order valence-electron chi connectivity index (χ0n) is 10.3. The van der Waals surface area contributed by atoms with E-state index in [1.807, 2.05) is 48.4 Å². The molecule has 1 aromatic heterocycles. The minimum atomic E-state index is 0.636. The SMILES string of the molecule is CNCc1cn(CCOc2ccc(Br)cc2)cn1. The highest BCUT2D eigenvalue weighted by Gasteiger charge is 1.98. The molecule has 18 heavy (non-hydrogen) atoms. The number of halogens is 1. The second-order valence-corrected chi connectivity index (χ2v) is 4.85. The zero-order valence-corrected chi connectivity index (χ0v) is 11.9. The van der Waals surface area contributed by atoms with E-state index in [1.54, 1.807) is 0 Å². The summed E-state index contributed by atoms with van der Waals surface area (Å²) in [6, 6.07) is 7.84. The number of nitrogens with one attached hydrogen (secondary N) is 1. The first-order valence-corrected chi connectivity index (χ1v) is 6.61. The van der Waals surface area contributed by atoms with Gasteiger partial charge in [0.05, 0.1) is 18.6 Å². The number of benzene rings is 1. The number of nitrogens with zero attached hydrogens (tertiary/aromatic N) is 2.